The molecule has 2 bridgehead atoms. The van der Waals surface area contributed by atoms with E-state index < -0.39 is 0 Å². The Bertz CT molecular complexity index is 492. The molecule has 0 radical (unpaired) electrons. The zero-order chi connectivity index (χ0) is 12.8. The number of para-hydroxylation sites is 1. The fourth-order valence-corrected chi connectivity index (χ4v) is 4.09. The van der Waals surface area contributed by atoms with Crippen LogP contribution in [0, 0.1) is 17.8 Å². The van der Waals surface area contributed by atoms with E-state index in [-0.39, 0.29) is 0 Å². The fraction of sp³-hybridized carbons (Fsp3) is 0.533. The Balaban J connectivity index is 1.28. The summed E-state index contributed by atoms with van der Waals surface area (Å²) >= 11 is 5.34. The third-order valence-corrected chi connectivity index (χ3v) is 5.04. The van der Waals surface area contributed by atoms with Crippen LogP contribution < -0.4 is 10.6 Å². The van der Waals surface area contributed by atoms with E-state index in [1.54, 1.807) is 0 Å². The van der Waals surface area contributed by atoms with Crippen LogP contribution in [0.1, 0.15) is 12.8 Å². The lowest BCUT2D eigenvalue weighted by Crippen LogP contribution is -2.35. The number of epoxide rings is 1. The van der Waals surface area contributed by atoms with Gasteiger partial charge in [0.2, 0.25) is 0 Å². The predicted molar refractivity (Wildman–Crippen MR) is 79.0 cm³/mol. The number of benzene rings is 1. The summed E-state index contributed by atoms with van der Waals surface area (Å²) in [7, 11) is 0. The van der Waals surface area contributed by atoms with Crippen LogP contribution in [0.15, 0.2) is 30.3 Å². The fourth-order valence-electron chi connectivity index (χ4n) is 3.89. The number of thiocarbonyl (C=S) groups is 1. The van der Waals surface area contributed by atoms with Gasteiger partial charge in [0.25, 0.3) is 0 Å². The third kappa shape index (κ3) is 2.13. The van der Waals surface area contributed by atoms with Crippen molar-refractivity contribution in [3.05, 3.63) is 30.3 Å². The Hall–Kier alpha value is -1.13. The molecule has 1 aromatic carbocycles. The maximum atomic E-state index is 5.70. The average Bonchev–Trinajstić information content (AvgIpc) is 3.04. The molecule has 3 nitrogen and oxygen atoms in total. The molecular formula is C15H18N2OS. The molecule has 3 aliphatic rings. The van der Waals surface area contributed by atoms with Gasteiger partial charge in [0.05, 0.1) is 12.2 Å². The van der Waals surface area contributed by atoms with Crippen LogP contribution in [0.5, 0.6) is 0 Å². The summed E-state index contributed by atoms with van der Waals surface area (Å²) in [6.45, 7) is 0.979. The summed E-state index contributed by atoms with van der Waals surface area (Å²) in [4.78, 5) is 0. The Morgan fingerprint density at radius 2 is 2.05 bits per heavy atom. The molecule has 2 saturated carbocycles. The molecular weight excluding hydrogens is 256 g/mol. The number of fused-ring (bicyclic) bond motifs is 5. The lowest BCUT2D eigenvalue weighted by atomic mass is 9.89. The van der Waals surface area contributed by atoms with E-state index in [9.17, 15) is 0 Å². The van der Waals surface area contributed by atoms with Gasteiger partial charge in [-0.3, -0.25) is 0 Å². The molecule has 1 aliphatic heterocycles. The van der Waals surface area contributed by atoms with E-state index in [0.29, 0.717) is 12.2 Å². The summed E-state index contributed by atoms with van der Waals surface area (Å²) in [6, 6.07) is 10.1. The molecule has 1 saturated heterocycles. The topological polar surface area (TPSA) is 36.6 Å². The highest BCUT2D eigenvalue weighted by Crippen LogP contribution is 2.58. The smallest absolute Gasteiger partial charge is 0.170 e. The third-order valence-electron chi connectivity index (χ3n) is 4.79. The van der Waals surface area contributed by atoms with E-state index >= 15 is 0 Å². The van der Waals surface area contributed by atoms with Crippen molar-refractivity contribution in [1.82, 2.24) is 5.32 Å². The molecule has 100 valence electrons. The van der Waals surface area contributed by atoms with Crippen molar-refractivity contribution in [3.8, 4) is 0 Å². The maximum Gasteiger partial charge on any atom is 0.170 e. The molecule has 4 rings (SSSR count). The van der Waals surface area contributed by atoms with Gasteiger partial charge in [-0.15, -0.1) is 0 Å². The molecule has 1 aromatic rings. The highest BCUT2D eigenvalue weighted by Gasteiger charge is 2.62. The number of hydrogen-bond acceptors (Lipinski definition) is 2. The van der Waals surface area contributed by atoms with Gasteiger partial charge in [0, 0.05) is 12.2 Å². The lowest BCUT2D eigenvalue weighted by molar-refractivity contribution is 0.250. The monoisotopic (exact) mass is 274 g/mol. The number of hydrogen-bond donors (Lipinski definition) is 2. The zero-order valence-electron chi connectivity index (χ0n) is 10.7. The lowest BCUT2D eigenvalue weighted by Gasteiger charge is -2.20. The maximum absolute atomic E-state index is 5.70. The summed E-state index contributed by atoms with van der Waals surface area (Å²) in [5.41, 5.74) is 1.04. The van der Waals surface area contributed by atoms with Crippen molar-refractivity contribution in [2.75, 3.05) is 11.9 Å². The van der Waals surface area contributed by atoms with Gasteiger partial charge in [-0.05, 0) is 54.9 Å². The molecule has 0 spiro atoms. The van der Waals surface area contributed by atoms with Crippen LogP contribution in [0.3, 0.4) is 0 Å². The second-order valence-electron chi connectivity index (χ2n) is 5.92. The predicted octanol–water partition coefficient (Wildman–Crippen LogP) is 2.40. The van der Waals surface area contributed by atoms with Crippen LogP contribution in [0.25, 0.3) is 0 Å². The van der Waals surface area contributed by atoms with Crippen molar-refractivity contribution >= 4 is 23.0 Å². The number of ether oxygens (including phenoxy) is 1. The molecule has 19 heavy (non-hydrogen) atoms. The van der Waals surface area contributed by atoms with E-state index in [1.165, 1.54) is 12.8 Å². The number of anilines is 1. The Kier molecular flexibility index (Phi) is 2.74. The Morgan fingerprint density at radius 3 is 2.79 bits per heavy atom. The highest BCUT2D eigenvalue weighted by atomic mass is 32.1. The van der Waals surface area contributed by atoms with Crippen molar-refractivity contribution in [2.24, 2.45) is 17.8 Å². The molecule has 2 aliphatic carbocycles. The van der Waals surface area contributed by atoms with Gasteiger partial charge in [-0.25, -0.2) is 0 Å². The standard InChI is InChI=1S/C15H18N2OS/c19-15(17-11-4-2-1-3-5-11)16-8-10-6-9-7-12(10)14-13(9)18-14/h1-5,9-10,12-14H,6-8H2,(H2,16,17,19)/t9-,10-,12+,13+,14-/m0/s1. The van der Waals surface area contributed by atoms with Gasteiger partial charge in [0.15, 0.2) is 5.11 Å². The van der Waals surface area contributed by atoms with E-state index in [1.807, 2.05) is 30.3 Å². The molecule has 0 aromatic heterocycles. The molecule has 0 unspecified atom stereocenters. The quantitative estimate of drug-likeness (QED) is 0.655. The molecule has 0 amide bonds. The Morgan fingerprint density at radius 1 is 1.21 bits per heavy atom. The normalized spacial score (nSPS) is 37.8. The molecule has 4 heteroatoms. The SMILES string of the molecule is S=C(NC[C@@H]1C[C@H]2C[C@H]1[C@@H]1O[C@H]21)Nc1ccccc1. The highest BCUT2D eigenvalue weighted by molar-refractivity contribution is 7.80. The second-order valence-corrected chi connectivity index (χ2v) is 6.33. The summed E-state index contributed by atoms with van der Waals surface area (Å²) < 4.78 is 5.70. The van der Waals surface area contributed by atoms with Crippen molar-refractivity contribution in [3.63, 3.8) is 0 Å². The van der Waals surface area contributed by atoms with Gasteiger partial charge >= 0.3 is 0 Å². The first-order chi connectivity index (χ1) is 9.31. The van der Waals surface area contributed by atoms with Crippen LogP contribution in [-0.2, 0) is 4.74 Å². The van der Waals surface area contributed by atoms with Gasteiger partial charge in [0.1, 0.15) is 0 Å². The average molecular weight is 274 g/mol. The van der Waals surface area contributed by atoms with Gasteiger partial charge in [-0.1, -0.05) is 18.2 Å². The molecule has 1 heterocycles. The van der Waals surface area contributed by atoms with E-state index in [4.69, 9.17) is 17.0 Å². The summed E-state index contributed by atoms with van der Waals surface area (Å²) in [5.74, 6) is 2.35. The van der Waals surface area contributed by atoms with Crippen molar-refractivity contribution in [2.45, 2.75) is 25.0 Å². The first-order valence-electron chi connectivity index (χ1n) is 7.06. The molecule has 2 N–H and O–H groups in total. The minimum Gasteiger partial charge on any atom is -0.369 e. The van der Waals surface area contributed by atoms with E-state index in [0.717, 1.165) is 35.1 Å². The minimum atomic E-state index is 0.584. The molecule has 3 fully saturated rings. The first kappa shape index (κ1) is 11.7. The van der Waals surface area contributed by atoms with Gasteiger partial charge in [-0.2, -0.15) is 0 Å². The van der Waals surface area contributed by atoms with Crippen LogP contribution >= 0.6 is 12.2 Å². The van der Waals surface area contributed by atoms with Crippen molar-refractivity contribution < 1.29 is 4.74 Å². The second kappa shape index (κ2) is 4.46. The number of nitrogens with one attached hydrogen (secondary N) is 2. The van der Waals surface area contributed by atoms with Gasteiger partial charge < -0.3 is 15.4 Å². The van der Waals surface area contributed by atoms with Crippen LogP contribution in [0.4, 0.5) is 5.69 Å². The summed E-state index contributed by atoms with van der Waals surface area (Å²) in [5, 5.41) is 7.31. The largest absolute Gasteiger partial charge is 0.369 e. The van der Waals surface area contributed by atoms with Crippen molar-refractivity contribution in [1.29, 1.82) is 0 Å². The zero-order valence-corrected chi connectivity index (χ0v) is 11.5. The minimum absolute atomic E-state index is 0.584. The van der Waals surface area contributed by atoms with E-state index in [2.05, 4.69) is 10.6 Å². The Labute approximate surface area is 118 Å². The molecule has 5 atom stereocenters. The van der Waals surface area contributed by atoms with Crippen LogP contribution in [0.2, 0.25) is 0 Å². The first-order valence-corrected chi connectivity index (χ1v) is 7.47. The van der Waals surface area contributed by atoms with Crippen LogP contribution in [-0.4, -0.2) is 23.9 Å². The summed E-state index contributed by atoms with van der Waals surface area (Å²) in [6.07, 6.45) is 3.89. The number of rotatable bonds is 3.